The molecule has 1 fully saturated rings. The zero-order valence-electron chi connectivity index (χ0n) is 18.0. The van der Waals surface area contributed by atoms with Crippen LogP contribution in [-0.2, 0) is 17.8 Å². The van der Waals surface area contributed by atoms with Gasteiger partial charge < -0.3 is 15.5 Å². The lowest BCUT2D eigenvalue weighted by Gasteiger charge is -2.33. The number of aliphatic imine (C=N–C) groups is 1. The van der Waals surface area contributed by atoms with E-state index in [4.69, 9.17) is 0 Å². The molecule has 0 saturated carbocycles. The van der Waals surface area contributed by atoms with Gasteiger partial charge in [-0.25, -0.2) is 4.99 Å². The van der Waals surface area contributed by atoms with Crippen LogP contribution in [0.1, 0.15) is 23.3 Å². The third-order valence-corrected chi connectivity index (χ3v) is 6.23. The second kappa shape index (κ2) is 11.7. The van der Waals surface area contributed by atoms with E-state index in [9.17, 15) is 4.79 Å². The van der Waals surface area contributed by atoms with E-state index in [-0.39, 0.29) is 12.5 Å². The molecule has 3 rings (SSSR count). The third-order valence-electron chi connectivity index (χ3n) is 5.29. The fraction of sp³-hybridized carbons (Fsp3) is 0.478. The van der Waals surface area contributed by atoms with Crippen LogP contribution >= 0.6 is 11.3 Å². The average Bonchev–Trinajstić information content (AvgIpc) is 3.27. The van der Waals surface area contributed by atoms with Crippen LogP contribution in [-0.4, -0.2) is 68.0 Å². The Hall–Kier alpha value is -2.38. The number of piperidine rings is 1. The highest BCUT2D eigenvalue weighted by atomic mass is 32.1. The molecule has 1 aliphatic heterocycles. The zero-order chi connectivity index (χ0) is 21.2. The molecule has 2 aromatic rings. The quantitative estimate of drug-likeness (QED) is 0.502. The minimum atomic E-state index is 0.00652. The molecule has 2 heterocycles. The Labute approximate surface area is 184 Å². The smallest absolute Gasteiger partial charge is 0.243 e. The number of amides is 1. The van der Waals surface area contributed by atoms with Gasteiger partial charge in [0.2, 0.25) is 5.91 Å². The molecular formula is C23H33N5OS. The SMILES string of the molecule is CN(C)C(=O)CN=C(NCCc1cccs1)NC1CCN(Cc2ccccc2)CC1. The standard InChI is InChI=1S/C23H33N5OS/c1-27(2)22(29)17-25-23(24-13-10-21-9-6-16-30-21)26-20-11-14-28(15-12-20)18-19-7-4-3-5-8-19/h3-9,16,20H,10-15,17-18H2,1-2H3,(H2,24,25,26). The molecule has 1 saturated heterocycles. The summed E-state index contributed by atoms with van der Waals surface area (Å²) in [6, 6.07) is 15.2. The van der Waals surface area contributed by atoms with Crippen LogP contribution in [0.4, 0.5) is 0 Å². The van der Waals surface area contributed by atoms with Crippen molar-refractivity contribution in [1.82, 2.24) is 20.4 Å². The van der Waals surface area contributed by atoms with Crippen LogP contribution in [0.2, 0.25) is 0 Å². The van der Waals surface area contributed by atoms with Gasteiger partial charge >= 0.3 is 0 Å². The monoisotopic (exact) mass is 427 g/mol. The maximum atomic E-state index is 12.0. The Balaban J connectivity index is 1.49. The molecule has 162 valence electrons. The normalized spacial score (nSPS) is 15.7. The first-order valence-electron chi connectivity index (χ1n) is 10.6. The van der Waals surface area contributed by atoms with Gasteiger partial charge in [-0.3, -0.25) is 9.69 Å². The van der Waals surface area contributed by atoms with Gasteiger partial charge in [0.1, 0.15) is 6.54 Å². The van der Waals surface area contributed by atoms with Gasteiger partial charge in [0.05, 0.1) is 0 Å². The van der Waals surface area contributed by atoms with Gasteiger partial charge in [-0.1, -0.05) is 36.4 Å². The first-order valence-corrected chi connectivity index (χ1v) is 11.5. The first kappa shape index (κ1) is 22.3. The Morgan fingerprint density at radius 1 is 1.17 bits per heavy atom. The topological polar surface area (TPSA) is 60.0 Å². The van der Waals surface area contributed by atoms with E-state index < -0.39 is 0 Å². The second-order valence-electron chi connectivity index (χ2n) is 7.89. The molecule has 6 nitrogen and oxygen atoms in total. The van der Waals surface area contributed by atoms with Crippen LogP contribution in [0.25, 0.3) is 0 Å². The third kappa shape index (κ3) is 7.46. The van der Waals surface area contributed by atoms with Crippen molar-refractivity contribution < 1.29 is 4.79 Å². The summed E-state index contributed by atoms with van der Waals surface area (Å²) in [5.74, 6) is 0.746. The molecule has 0 bridgehead atoms. The minimum Gasteiger partial charge on any atom is -0.356 e. The van der Waals surface area contributed by atoms with Crippen LogP contribution in [0.15, 0.2) is 52.8 Å². The van der Waals surface area contributed by atoms with Crippen molar-refractivity contribution in [2.75, 3.05) is 40.3 Å². The van der Waals surface area contributed by atoms with Crippen LogP contribution < -0.4 is 10.6 Å². The van der Waals surface area contributed by atoms with Crippen molar-refractivity contribution in [2.24, 2.45) is 4.99 Å². The number of likely N-dealkylation sites (N-methyl/N-ethyl adjacent to an activating group) is 1. The summed E-state index contributed by atoms with van der Waals surface area (Å²) < 4.78 is 0. The average molecular weight is 428 g/mol. The van der Waals surface area contributed by atoms with Crippen molar-refractivity contribution in [3.05, 3.63) is 58.3 Å². The van der Waals surface area contributed by atoms with Gasteiger partial charge in [0.25, 0.3) is 0 Å². The predicted octanol–water partition coefficient (Wildman–Crippen LogP) is 2.58. The number of carbonyl (C=O) groups excluding carboxylic acids is 1. The summed E-state index contributed by atoms with van der Waals surface area (Å²) in [4.78, 5) is 21.9. The molecule has 1 aromatic carbocycles. The van der Waals surface area contributed by atoms with Crippen molar-refractivity contribution in [3.8, 4) is 0 Å². The van der Waals surface area contributed by atoms with Gasteiger partial charge in [-0.05, 0) is 36.3 Å². The Kier molecular flexibility index (Phi) is 8.71. The van der Waals surface area contributed by atoms with E-state index >= 15 is 0 Å². The maximum absolute atomic E-state index is 12.0. The lowest BCUT2D eigenvalue weighted by Crippen LogP contribution is -2.49. The molecule has 0 atom stereocenters. The molecule has 1 amide bonds. The summed E-state index contributed by atoms with van der Waals surface area (Å²) in [6.07, 6.45) is 3.09. The van der Waals surface area contributed by atoms with E-state index in [1.807, 2.05) is 0 Å². The Morgan fingerprint density at radius 2 is 1.93 bits per heavy atom. The van der Waals surface area contributed by atoms with Crippen molar-refractivity contribution in [1.29, 1.82) is 0 Å². The number of guanidine groups is 1. The fourth-order valence-electron chi connectivity index (χ4n) is 3.47. The fourth-order valence-corrected chi connectivity index (χ4v) is 4.18. The summed E-state index contributed by atoms with van der Waals surface area (Å²) >= 11 is 1.77. The summed E-state index contributed by atoms with van der Waals surface area (Å²) in [5.41, 5.74) is 1.36. The predicted molar refractivity (Wildman–Crippen MR) is 125 cm³/mol. The number of likely N-dealkylation sites (tertiary alicyclic amines) is 1. The largest absolute Gasteiger partial charge is 0.356 e. The highest BCUT2D eigenvalue weighted by molar-refractivity contribution is 7.09. The number of carbonyl (C=O) groups is 1. The lowest BCUT2D eigenvalue weighted by molar-refractivity contribution is -0.127. The van der Waals surface area contributed by atoms with Crippen molar-refractivity contribution in [2.45, 2.75) is 31.8 Å². The molecule has 7 heteroatoms. The molecule has 1 aliphatic rings. The zero-order valence-corrected chi connectivity index (χ0v) is 18.8. The maximum Gasteiger partial charge on any atom is 0.243 e. The van der Waals surface area contributed by atoms with E-state index in [0.29, 0.717) is 6.04 Å². The van der Waals surface area contributed by atoms with Crippen LogP contribution in [0.3, 0.4) is 0 Å². The Bertz CT molecular complexity index is 783. The first-order chi connectivity index (χ1) is 14.6. The number of nitrogens with zero attached hydrogens (tertiary/aromatic N) is 3. The molecule has 0 aliphatic carbocycles. The van der Waals surface area contributed by atoms with Gasteiger partial charge in [-0.15, -0.1) is 11.3 Å². The molecule has 0 spiro atoms. The van der Waals surface area contributed by atoms with E-state index in [2.05, 4.69) is 68.4 Å². The molecule has 2 N–H and O–H groups in total. The van der Waals surface area contributed by atoms with Gasteiger partial charge in [0.15, 0.2) is 5.96 Å². The summed E-state index contributed by atoms with van der Waals surface area (Å²) in [5, 5.41) is 9.07. The highest BCUT2D eigenvalue weighted by Crippen LogP contribution is 2.14. The van der Waals surface area contributed by atoms with Crippen LogP contribution in [0.5, 0.6) is 0 Å². The number of thiophene rings is 1. The Morgan fingerprint density at radius 3 is 2.60 bits per heavy atom. The van der Waals surface area contributed by atoms with E-state index in [1.165, 1.54) is 10.4 Å². The number of nitrogens with one attached hydrogen (secondary N) is 2. The highest BCUT2D eigenvalue weighted by Gasteiger charge is 2.20. The summed E-state index contributed by atoms with van der Waals surface area (Å²) in [7, 11) is 3.52. The second-order valence-corrected chi connectivity index (χ2v) is 8.92. The minimum absolute atomic E-state index is 0.00652. The van der Waals surface area contributed by atoms with Gasteiger partial charge in [0, 0.05) is 51.2 Å². The lowest BCUT2D eigenvalue weighted by atomic mass is 10.0. The molecular weight excluding hydrogens is 394 g/mol. The van der Waals surface area contributed by atoms with Crippen molar-refractivity contribution >= 4 is 23.2 Å². The number of rotatable bonds is 8. The molecule has 0 radical (unpaired) electrons. The number of hydrogen-bond donors (Lipinski definition) is 2. The molecule has 0 unspecified atom stereocenters. The van der Waals surface area contributed by atoms with Gasteiger partial charge in [-0.2, -0.15) is 0 Å². The number of benzene rings is 1. The molecule has 1 aromatic heterocycles. The van der Waals surface area contributed by atoms with Crippen molar-refractivity contribution in [3.63, 3.8) is 0 Å². The van der Waals surface area contributed by atoms with E-state index in [1.54, 1.807) is 30.3 Å². The number of hydrogen-bond acceptors (Lipinski definition) is 4. The van der Waals surface area contributed by atoms with E-state index in [0.717, 1.165) is 51.4 Å². The molecule has 30 heavy (non-hydrogen) atoms. The summed E-state index contributed by atoms with van der Waals surface area (Å²) in [6.45, 7) is 4.09. The van der Waals surface area contributed by atoms with Crippen LogP contribution in [0, 0.1) is 0 Å².